The molecular formula is C19H29N5O2Si. The zero-order chi connectivity index (χ0) is 19.4. The van der Waals surface area contributed by atoms with Gasteiger partial charge in [0.15, 0.2) is 5.65 Å². The molecule has 3 aromatic heterocycles. The third kappa shape index (κ3) is 4.82. The summed E-state index contributed by atoms with van der Waals surface area (Å²) in [6.45, 7) is 12.9. The van der Waals surface area contributed by atoms with Gasteiger partial charge in [-0.1, -0.05) is 19.6 Å². The van der Waals surface area contributed by atoms with Crippen LogP contribution < -0.4 is 0 Å². The maximum absolute atomic E-state index is 5.87. The van der Waals surface area contributed by atoms with Crippen molar-refractivity contribution in [1.82, 2.24) is 24.5 Å². The Morgan fingerprint density at radius 1 is 1.22 bits per heavy atom. The fourth-order valence-corrected chi connectivity index (χ4v) is 3.62. The molecule has 3 aromatic rings. The topological polar surface area (TPSA) is 67.0 Å². The zero-order valence-electron chi connectivity index (χ0n) is 16.8. The van der Waals surface area contributed by atoms with Gasteiger partial charge >= 0.3 is 0 Å². The lowest BCUT2D eigenvalue weighted by Crippen LogP contribution is -2.22. The quantitative estimate of drug-likeness (QED) is 0.407. The summed E-state index contributed by atoms with van der Waals surface area (Å²) in [6.07, 6.45) is 7.51. The first kappa shape index (κ1) is 19.7. The van der Waals surface area contributed by atoms with E-state index < -0.39 is 8.07 Å². The van der Waals surface area contributed by atoms with E-state index in [1.807, 2.05) is 41.7 Å². The van der Waals surface area contributed by atoms with Crippen molar-refractivity contribution >= 4 is 19.1 Å². The molecule has 3 rings (SSSR count). The number of hydrogen-bond donors (Lipinski definition) is 0. The first-order valence-corrected chi connectivity index (χ1v) is 13.1. The molecule has 0 aliphatic heterocycles. The van der Waals surface area contributed by atoms with Gasteiger partial charge in [-0.2, -0.15) is 10.2 Å². The van der Waals surface area contributed by atoms with Crippen LogP contribution in [-0.2, 0) is 16.2 Å². The molecule has 146 valence electrons. The molecule has 0 saturated heterocycles. The van der Waals surface area contributed by atoms with Crippen molar-refractivity contribution in [3.05, 3.63) is 30.9 Å². The normalized spacial score (nSPS) is 13.4. The predicted molar refractivity (Wildman–Crippen MR) is 109 cm³/mol. The molecule has 1 atom stereocenters. The second-order valence-corrected chi connectivity index (χ2v) is 13.5. The Bertz CT molecular complexity index is 884. The van der Waals surface area contributed by atoms with Gasteiger partial charge < -0.3 is 14.0 Å². The van der Waals surface area contributed by atoms with E-state index in [0.717, 1.165) is 34.8 Å². The minimum absolute atomic E-state index is 0.0987. The van der Waals surface area contributed by atoms with Gasteiger partial charge in [-0.25, -0.2) is 4.68 Å². The second kappa shape index (κ2) is 8.33. The molecule has 0 aliphatic rings. The van der Waals surface area contributed by atoms with Crippen LogP contribution in [0.5, 0.6) is 0 Å². The van der Waals surface area contributed by atoms with Gasteiger partial charge in [-0.05, 0) is 26.0 Å². The lowest BCUT2D eigenvalue weighted by atomic mass is 10.1. The van der Waals surface area contributed by atoms with Gasteiger partial charge in [0, 0.05) is 50.2 Å². The Morgan fingerprint density at radius 2 is 2.04 bits per heavy atom. The van der Waals surface area contributed by atoms with Crippen molar-refractivity contribution in [2.24, 2.45) is 0 Å². The predicted octanol–water partition coefficient (Wildman–Crippen LogP) is 4.16. The van der Waals surface area contributed by atoms with Crippen molar-refractivity contribution in [1.29, 1.82) is 0 Å². The number of ether oxygens (including phenoxy) is 2. The molecule has 7 nitrogen and oxygen atoms in total. The van der Waals surface area contributed by atoms with E-state index in [1.54, 1.807) is 6.20 Å². The molecule has 0 spiro atoms. The number of aromatic nitrogens is 5. The van der Waals surface area contributed by atoms with Gasteiger partial charge in [0.2, 0.25) is 0 Å². The molecule has 0 aliphatic carbocycles. The largest absolute Gasteiger partial charge is 0.361 e. The van der Waals surface area contributed by atoms with Crippen LogP contribution in [0.15, 0.2) is 30.9 Å². The highest BCUT2D eigenvalue weighted by molar-refractivity contribution is 6.76. The average Bonchev–Trinajstić information content (AvgIpc) is 3.25. The summed E-state index contributed by atoms with van der Waals surface area (Å²) in [7, 11) is -1.08. The van der Waals surface area contributed by atoms with Gasteiger partial charge in [0.1, 0.15) is 13.0 Å². The van der Waals surface area contributed by atoms with Crippen LogP contribution in [0.25, 0.3) is 22.2 Å². The van der Waals surface area contributed by atoms with E-state index in [-0.39, 0.29) is 6.23 Å². The van der Waals surface area contributed by atoms with Crippen LogP contribution in [0, 0.1) is 0 Å². The fourth-order valence-electron chi connectivity index (χ4n) is 2.87. The number of fused-ring (bicyclic) bond motifs is 1. The Labute approximate surface area is 161 Å². The van der Waals surface area contributed by atoms with E-state index in [1.165, 1.54) is 0 Å². The first-order valence-electron chi connectivity index (χ1n) is 9.43. The zero-order valence-corrected chi connectivity index (χ0v) is 17.8. The molecular weight excluding hydrogens is 358 g/mol. The van der Waals surface area contributed by atoms with Crippen LogP contribution in [-0.4, -0.2) is 45.8 Å². The van der Waals surface area contributed by atoms with Crippen molar-refractivity contribution < 1.29 is 9.47 Å². The van der Waals surface area contributed by atoms with E-state index in [9.17, 15) is 0 Å². The van der Waals surface area contributed by atoms with Crippen LogP contribution >= 0.6 is 0 Å². The average molecular weight is 388 g/mol. The van der Waals surface area contributed by atoms with Crippen molar-refractivity contribution in [2.75, 3.05) is 13.2 Å². The summed E-state index contributed by atoms with van der Waals surface area (Å²) in [5.74, 6) is 0. The molecule has 0 fully saturated rings. The van der Waals surface area contributed by atoms with E-state index in [4.69, 9.17) is 9.47 Å². The number of nitrogens with zero attached hydrogens (tertiary/aromatic N) is 5. The molecule has 27 heavy (non-hydrogen) atoms. The van der Waals surface area contributed by atoms with Gasteiger partial charge in [-0.3, -0.25) is 0 Å². The van der Waals surface area contributed by atoms with Crippen molar-refractivity contribution in [3.8, 4) is 11.1 Å². The maximum atomic E-state index is 5.87. The highest BCUT2D eigenvalue weighted by atomic mass is 28.3. The third-order valence-corrected chi connectivity index (χ3v) is 6.19. The van der Waals surface area contributed by atoms with Crippen LogP contribution in [0.2, 0.25) is 25.7 Å². The van der Waals surface area contributed by atoms with Gasteiger partial charge in [0.25, 0.3) is 0 Å². The highest BCUT2D eigenvalue weighted by Gasteiger charge is 2.14. The van der Waals surface area contributed by atoms with E-state index in [0.29, 0.717) is 13.3 Å². The van der Waals surface area contributed by atoms with Crippen LogP contribution in [0.1, 0.15) is 20.1 Å². The molecule has 0 aromatic carbocycles. The molecule has 3 heterocycles. The Morgan fingerprint density at radius 3 is 2.78 bits per heavy atom. The second-order valence-electron chi connectivity index (χ2n) is 7.89. The SMILES string of the molecule is CCOC(C)n1cc(-c2cnnc3c2ccn3COCC[Si](C)(C)C)cn1. The number of rotatable bonds is 9. The summed E-state index contributed by atoms with van der Waals surface area (Å²) in [5.41, 5.74) is 2.83. The van der Waals surface area contributed by atoms with Crippen molar-refractivity contribution in [3.63, 3.8) is 0 Å². The van der Waals surface area contributed by atoms with Gasteiger partial charge in [-0.15, -0.1) is 5.10 Å². The van der Waals surface area contributed by atoms with E-state index >= 15 is 0 Å². The molecule has 0 amide bonds. The standard InChI is InChI=1S/C19H29N5O2Si/c1-6-26-15(2)24-13-16(11-21-24)18-12-20-22-19-17(18)7-8-23(19)14-25-9-10-27(3,4)5/h7-8,11-13,15H,6,9-10,14H2,1-5H3. The summed E-state index contributed by atoms with van der Waals surface area (Å²) in [5, 5.41) is 14.0. The molecule has 0 saturated carbocycles. The number of hydrogen-bond acceptors (Lipinski definition) is 5. The Hall–Kier alpha value is -2.03. The van der Waals surface area contributed by atoms with Crippen LogP contribution in [0.3, 0.4) is 0 Å². The summed E-state index contributed by atoms with van der Waals surface area (Å²) in [4.78, 5) is 0. The molecule has 1 unspecified atom stereocenters. The Kier molecular flexibility index (Phi) is 6.08. The first-order chi connectivity index (χ1) is 12.9. The molecule has 0 bridgehead atoms. The molecule has 0 radical (unpaired) electrons. The lowest BCUT2D eigenvalue weighted by molar-refractivity contribution is 0.0160. The van der Waals surface area contributed by atoms with Crippen molar-refractivity contribution in [2.45, 2.75) is 52.5 Å². The monoisotopic (exact) mass is 387 g/mol. The summed E-state index contributed by atoms with van der Waals surface area (Å²) < 4.78 is 15.3. The fraction of sp³-hybridized carbons (Fsp3) is 0.526. The Balaban J connectivity index is 1.77. The molecule has 0 N–H and O–H groups in total. The summed E-state index contributed by atoms with van der Waals surface area (Å²) in [6, 6.07) is 3.21. The minimum Gasteiger partial charge on any atom is -0.361 e. The minimum atomic E-state index is -1.08. The van der Waals surface area contributed by atoms with Gasteiger partial charge in [0.05, 0.1) is 12.4 Å². The molecule has 8 heteroatoms. The maximum Gasteiger partial charge on any atom is 0.165 e. The lowest BCUT2D eigenvalue weighted by Gasteiger charge is -2.15. The van der Waals surface area contributed by atoms with Crippen LogP contribution in [0.4, 0.5) is 0 Å². The smallest absolute Gasteiger partial charge is 0.165 e. The highest BCUT2D eigenvalue weighted by Crippen LogP contribution is 2.27. The van der Waals surface area contributed by atoms with E-state index in [2.05, 4.69) is 41.0 Å². The third-order valence-electron chi connectivity index (χ3n) is 4.48. The summed E-state index contributed by atoms with van der Waals surface area (Å²) >= 11 is 0.